The Kier molecular flexibility index (Phi) is 4.49. The first-order valence-electron chi connectivity index (χ1n) is 6.65. The molecule has 1 saturated heterocycles. The number of hydrogen-bond donors (Lipinski definition) is 2. The van der Waals surface area contributed by atoms with Crippen LogP contribution in [0.5, 0.6) is 0 Å². The van der Waals surface area contributed by atoms with Gasteiger partial charge in [-0.15, -0.1) is 0 Å². The fraction of sp³-hybridized carbons (Fsp3) is 0.538. The topological polar surface area (TPSA) is 109 Å². The summed E-state index contributed by atoms with van der Waals surface area (Å²) >= 11 is 0. The Hall–Kier alpha value is -2.18. The van der Waals surface area contributed by atoms with Crippen molar-refractivity contribution in [3.63, 3.8) is 0 Å². The number of likely N-dealkylation sites (tertiary alicyclic amines) is 1. The van der Waals surface area contributed by atoms with Gasteiger partial charge in [-0.25, -0.2) is 9.97 Å². The fourth-order valence-corrected chi connectivity index (χ4v) is 2.48. The van der Waals surface area contributed by atoms with Crippen LogP contribution in [0.2, 0.25) is 0 Å². The predicted octanol–water partition coefficient (Wildman–Crippen LogP) is 0.776. The van der Waals surface area contributed by atoms with Gasteiger partial charge < -0.3 is 15.7 Å². The summed E-state index contributed by atoms with van der Waals surface area (Å²) in [5, 5.41) is 8.72. The number of amides is 1. The Balaban J connectivity index is 2.00. The van der Waals surface area contributed by atoms with Crippen molar-refractivity contribution < 1.29 is 14.7 Å². The van der Waals surface area contributed by atoms with E-state index in [2.05, 4.69) is 9.97 Å². The lowest BCUT2D eigenvalue weighted by Gasteiger charge is -2.32. The van der Waals surface area contributed by atoms with Crippen molar-refractivity contribution in [2.45, 2.75) is 25.7 Å². The first-order chi connectivity index (χ1) is 9.58. The van der Waals surface area contributed by atoms with Crippen molar-refractivity contribution >= 4 is 17.7 Å². The average Bonchev–Trinajstić information content (AvgIpc) is 2.45. The van der Waals surface area contributed by atoms with Crippen molar-refractivity contribution in [3.8, 4) is 0 Å². The third kappa shape index (κ3) is 3.43. The molecule has 0 aliphatic carbocycles. The molecule has 108 valence electrons. The Labute approximate surface area is 116 Å². The second-order valence-electron chi connectivity index (χ2n) is 4.98. The summed E-state index contributed by atoms with van der Waals surface area (Å²) in [6.07, 6.45) is 5.44. The van der Waals surface area contributed by atoms with Gasteiger partial charge in [-0.3, -0.25) is 9.59 Å². The number of nitrogens with two attached hydrogens (primary N) is 1. The lowest BCUT2D eigenvalue weighted by atomic mass is 9.93. The minimum atomic E-state index is -0.799. The van der Waals surface area contributed by atoms with E-state index in [9.17, 15) is 9.59 Å². The molecule has 1 fully saturated rings. The molecule has 20 heavy (non-hydrogen) atoms. The summed E-state index contributed by atoms with van der Waals surface area (Å²) in [5.41, 5.74) is 5.83. The molecule has 1 aliphatic heterocycles. The molecule has 1 atom stereocenters. The highest BCUT2D eigenvalue weighted by Gasteiger charge is 2.26. The van der Waals surface area contributed by atoms with E-state index in [1.807, 2.05) is 0 Å². The highest BCUT2D eigenvalue weighted by molar-refractivity contribution is 5.96. The number of carboxylic acid groups (broad SMARTS) is 1. The third-order valence-corrected chi connectivity index (χ3v) is 3.50. The first-order valence-corrected chi connectivity index (χ1v) is 6.65. The molecule has 2 heterocycles. The van der Waals surface area contributed by atoms with Gasteiger partial charge in [0.05, 0.1) is 0 Å². The Morgan fingerprint density at radius 1 is 1.40 bits per heavy atom. The van der Waals surface area contributed by atoms with Gasteiger partial charge in [0.2, 0.25) is 0 Å². The molecular formula is C13H18N4O3. The van der Waals surface area contributed by atoms with Gasteiger partial charge in [0.1, 0.15) is 0 Å². The summed E-state index contributed by atoms with van der Waals surface area (Å²) in [5.74, 6) is -0.672. The molecule has 0 spiro atoms. The predicted molar refractivity (Wildman–Crippen MR) is 71.9 cm³/mol. The number of nitrogen functional groups attached to an aromatic ring is 1. The number of aromatic nitrogens is 2. The van der Waals surface area contributed by atoms with Crippen LogP contribution in [0.1, 0.15) is 36.2 Å². The maximum atomic E-state index is 12.3. The number of anilines is 1. The van der Waals surface area contributed by atoms with E-state index in [0.717, 1.165) is 12.8 Å². The molecule has 0 aromatic carbocycles. The van der Waals surface area contributed by atoms with Gasteiger partial charge in [0, 0.05) is 31.9 Å². The minimum Gasteiger partial charge on any atom is -0.481 e. The Bertz CT molecular complexity index is 506. The van der Waals surface area contributed by atoms with Crippen LogP contribution in [-0.4, -0.2) is 44.9 Å². The van der Waals surface area contributed by atoms with E-state index >= 15 is 0 Å². The maximum Gasteiger partial charge on any atom is 0.303 e. The quantitative estimate of drug-likeness (QED) is 0.842. The summed E-state index contributed by atoms with van der Waals surface area (Å²) in [6, 6.07) is 0. The zero-order valence-corrected chi connectivity index (χ0v) is 11.2. The lowest BCUT2D eigenvalue weighted by Crippen LogP contribution is -2.40. The first kappa shape index (κ1) is 14.2. The van der Waals surface area contributed by atoms with E-state index in [1.165, 1.54) is 12.4 Å². The molecule has 2 rings (SSSR count). The van der Waals surface area contributed by atoms with Gasteiger partial charge in [-0.2, -0.15) is 0 Å². The van der Waals surface area contributed by atoms with Crippen LogP contribution in [0.15, 0.2) is 12.4 Å². The van der Waals surface area contributed by atoms with Gasteiger partial charge in [-0.1, -0.05) is 0 Å². The number of nitrogens with zero attached hydrogens (tertiary/aromatic N) is 3. The van der Waals surface area contributed by atoms with Crippen LogP contribution < -0.4 is 5.73 Å². The summed E-state index contributed by atoms with van der Waals surface area (Å²) in [4.78, 5) is 32.5. The number of hydrogen-bond acceptors (Lipinski definition) is 5. The molecule has 1 aliphatic rings. The van der Waals surface area contributed by atoms with Crippen LogP contribution in [0.4, 0.5) is 5.82 Å². The van der Waals surface area contributed by atoms with E-state index in [0.29, 0.717) is 19.5 Å². The Morgan fingerprint density at radius 2 is 2.15 bits per heavy atom. The zero-order chi connectivity index (χ0) is 14.5. The van der Waals surface area contributed by atoms with Crippen molar-refractivity contribution in [1.29, 1.82) is 0 Å². The van der Waals surface area contributed by atoms with Gasteiger partial charge in [-0.05, 0) is 25.2 Å². The molecule has 1 aromatic heterocycles. The number of piperidine rings is 1. The second kappa shape index (κ2) is 6.31. The molecule has 0 radical (unpaired) electrons. The van der Waals surface area contributed by atoms with Crippen molar-refractivity contribution in [2.75, 3.05) is 18.8 Å². The van der Waals surface area contributed by atoms with Crippen molar-refractivity contribution in [1.82, 2.24) is 14.9 Å². The van der Waals surface area contributed by atoms with Gasteiger partial charge in [0.25, 0.3) is 5.91 Å². The highest BCUT2D eigenvalue weighted by atomic mass is 16.4. The lowest BCUT2D eigenvalue weighted by molar-refractivity contribution is -0.137. The van der Waals surface area contributed by atoms with E-state index in [4.69, 9.17) is 10.8 Å². The molecule has 0 bridgehead atoms. The second-order valence-corrected chi connectivity index (χ2v) is 4.98. The molecular weight excluding hydrogens is 260 g/mol. The molecule has 7 nitrogen and oxygen atoms in total. The molecule has 0 saturated carbocycles. The van der Waals surface area contributed by atoms with Crippen LogP contribution in [-0.2, 0) is 4.79 Å². The molecule has 3 N–H and O–H groups in total. The summed E-state index contributed by atoms with van der Waals surface area (Å²) in [7, 11) is 0. The number of carbonyl (C=O) groups excluding carboxylic acids is 1. The number of rotatable bonds is 4. The van der Waals surface area contributed by atoms with E-state index in [-0.39, 0.29) is 29.8 Å². The number of carbonyl (C=O) groups is 2. The van der Waals surface area contributed by atoms with E-state index < -0.39 is 5.97 Å². The van der Waals surface area contributed by atoms with Crippen LogP contribution in [0.3, 0.4) is 0 Å². The van der Waals surface area contributed by atoms with Crippen molar-refractivity contribution in [3.05, 3.63) is 18.1 Å². The SMILES string of the molecule is Nc1nccnc1C(=O)N1CCCC(CCC(=O)O)C1. The molecule has 7 heteroatoms. The minimum absolute atomic E-state index is 0.130. The van der Waals surface area contributed by atoms with Gasteiger partial charge in [0.15, 0.2) is 11.5 Å². The van der Waals surface area contributed by atoms with E-state index in [1.54, 1.807) is 4.90 Å². The van der Waals surface area contributed by atoms with Gasteiger partial charge >= 0.3 is 5.97 Å². The monoisotopic (exact) mass is 278 g/mol. The maximum absolute atomic E-state index is 12.3. The molecule has 1 amide bonds. The number of aliphatic carboxylic acids is 1. The zero-order valence-electron chi connectivity index (χ0n) is 11.2. The summed E-state index contributed by atoms with van der Waals surface area (Å²) in [6.45, 7) is 1.21. The average molecular weight is 278 g/mol. The van der Waals surface area contributed by atoms with Crippen LogP contribution >= 0.6 is 0 Å². The molecule has 1 unspecified atom stereocenters. The Morgan fingerprint density at radius 3 is 2.85 bits per heavy atom. The number of carboxylic acids is 1. The summed E-state index contributed by atoms with van der Waals surface area (Å²) < 4.78 is 0. The smallest absolute Gasteiger partial charge is 0.303 e. The van der Waals surface area contributed by atoms with Crippen LogP contribution in [0, 0.1) is 5.92 Å². The van der Waals surface area contributed by atoms with Crippen molar-refractivity contribution in [2.24, 2.45) is 5.92 Å². The molecule has 1 aromatic rings. The standard InChI is InChI=1S/C13H18N4O3/c14-12-11(15-5-6-16-12)13(20)17-7-1-2-9(8-17)3-4-10(18)19/h5-6,9H,1-4,7-8H2,(H2,14,16)(H,18,19). The third-order valence-electron chi connectivity index (χ3n) is 3.50. The highest BCUT2D eigenvalue weighted by Crippen LogP contribution is 2.22. The van der Waals surface area contributed by atoms with Crippen LogP contribution in [0.25, 0.3) is 0 Å². The largest absolute Gasteiger partial charge is 0.481 e. The normalized spacial score (nSPS) is 18.8. The fourth-order valence-electron chi connectivity index (χ4n) is 2.48.